The Morgan fingerprint density at radius 2 is 0.911 bits per heavy atom. The molecular weight excluding hydrogens is 1930 g/mol. The van der Waals surface area contributed by atoms with Gasteiger partial charge in [-0.05, 0) is 238 Å². The third kappa shape index (κ3) is 32.1. The van der Waals surface area contributed by atoms with Gasteiger partial charge in [-0.1, -0.05) is 204 Å². The van der Waals surface area contributed by atoms with Crippen molar-refractivity contribution in [2.45, 2.75) is 154 Å². The summed E-state index contributed by atoms with van der Waals surface area (Å²) in [5.41, 5.74) is 15.5. The largest absolute Gasteiger partial charge is 0.494 e. The highest BCUT2D eigenvalue weighted by Crippen LogP contribution is 2.41. The molecule has 0 bridgehead atoms. The van der Waals surface area contributed by atoms with Gasteiger partial charge in [0.2, 0.25) is 5.89 Å². The molecule has 0 radical (unpaired) electrons. The second-order valence-electron chi connectivity index (χ2n) is 34.9. The Morgan fingerprint density at radius 1 is 0.432 bits per heavy atom. The number of nitrogens with zero attached hydrogens (tertiary/aromatic N) is 4. The van der Waals surface area contributed by atoms with Crippen molar-refractivity contribution in [1.29, 1.82) is 0 Å². The van der Waals surface area contributed by atoms with E-state index in [0.29, 0.717) is 78.1 Å². The van der Waals surface area contributed by atoms with Crippen LogP contribution in [0.4, 0.5) is 22.0 Å². The van der Waals surface area contributed by atoms with Gasteiger partial charge in [0, 0.05) is 113 Å². The van der Waals surface area contributed by atoms with Gasteiger partial charge in [0.25, 0.3) is 23.6 Å². The minimum Gasteiger partial charge on any atom is -0.494 e. The molecule has 12 aromatic carbocycles. The molecule has 0 aliphatic carbocycles. The molecular formula is C115H115Cl2F5N8O15S. The number of ether oxygens (including phenoxy) is 2. The number of nitrogens with one attached hydrogen (secondary N) is 4. The fraction of sp³-hybridized carbons (Fsp3) is 0.278. The third-order valence-corrected chi connectivity index (χ3v) is 26.0. The van der Waals surface area contributed by atoms with E-state index in [4.69, 9.17) is 67.5 Å². The van der Waals surface area contributed by atoms with Crippen LogP contribution in [-0.4, -0.2) is 138 Å². The van der Waals surface area contributed by atoms with E-state index >= 15 is 0 Å². The first-order chi connectivity index (χ1) is 70.3. The van der Waals surface area contributed by atoms with E-state index in [9.17, 15) is 60.3 Å². The Labute approximate surface area is 857 Å². The molecule has 0 spiro atoms. The van der Waals surface area contributed by atoms with Crippen LogP contribution in [0.25, 0.3) is 66.1 Å². The molecule has 0 fully saturated rings. The number of halogens is 7. The average molecular weight is 2050 g/mol. The van der Waals surface area contributed by atoms with Crippen LogP contribution >= 0.6 is 35.0 Å². The fourth-order valence-corrected chi connectivity index (χ4v) is 17.8. The number of aromatic nitrogens is 4. The number of fused-ring (bicyclic) bond motifs is 4. The molecule has 4 amide bonds. The standard InChI is InChI=1S/C30H37NO4S.C29H29Cl2N3O4.C29H23F5N2O3.C27H26N2O4/c1-3-5-18-35-27-15-14-24-20-26(13-12-25(24)21-27)28(7-6-19-36-4-2)22-8-10-23(11-9-22)30(34)31-17-16-29(32)33;1-3-4-23(18-5-7-19(8-6-18)29(37)32-14-13-27(35)36)28-33-25-16-22(11-12-26(25)34(28)2)38-17-20-9-10-21(30)15-24(20)31;30-24-8-7-19(14-25(24)31)20-5-6-21-13-22(16-36-26(21)15-20)23(9-11-29(32,33)34)17-1-3-18(4-2-17)28(39)35-12-10-27(37)38;1-2-6-22(19-9-11-20(12-10-19)26(32)28-16-15-25(30)31)27-29-23-17-21(13-14-24(23)33-27)18-7-4-3-5-8-18/h8-15,20-21,28H,3-7,16-19H2,1-2H3,(H,31,34)(H,32,33);5-12,15-16,23H,3-4,13-14,17H2,1-2H3,(H,32,37)(H,35,36);1-8,13-16,23H,9-12H2,(H,35,39)(H,37,38);3-5,7-14,17,22H,2,6,15-16H2,1H3,(H,28,32)(H,30,31). The van der Waals surface area contributed by atoms with Gasteiger partial charge in [-0.25, -0.2) is 18.7 Å². The van der Waals surface area contributed by atoms with E-state index in [1.807, 2.05) is 134 Å². The van der Waals surface area contributed by atoms with Gasteiger partial charge in [-0.15, -0.1) is 0 Å². The minimum atomic E-state index is -4.37. The van der Waals surface area contributed by atoms with Crippen molar-refractivity contribution in [3.8, 4) is 33.8 Å². The Kier molecular flexibility index (Phi) is 40.8. The lowest BCUT2D eigenvalue weighted by Gasteiger charge is -2.20. The normalized spacial score (nSPS) is 12.0. The maximum absolute atomic E-state index is 13.7. The van der Waals surface area contributed by atoms with Crippen LogP contribution in [0.5, 0.6) is 11.5 Å². The van der Waals surface area contributed by atoms with Gasteiger partial charge >= 0.3 is 30.1 Å². The van der Waals surface area contributed by atoms with Crippen LogP contribution in [0.2, 0.25) is 10.0 Å². The molecule has 760 valence electrons. The molecule has 15 aromatic rings. The van der Waals surface area contributed by atoms with Crippen molar-refractivity contribution >= 4 is 126 Å². The number of unbranched alkanes of at least 4 members (excludes halogenated alkanes) is 1. The number of alkyl halides is 3. The number of hydrogen-bond donors (Lipinski definition) is 8. The summed E-state index contributed by atoms with van der Waals surface area (Å²) >= 11 is 14.2. The van der Waals surface area contributed by atoms with E-state index in [2.05, 4.69) is 101 Å². The fourth-order valence-electron chi connectivity index (χ4n) is 16.7. The van der Waals surface area contributed by atoms with Crippen molar-refractivity contribution in [1.82, 2.24) is 40.8 Å². The molecule has 0 saturated carbocycles. The number of carbonyl (C=O) groups is 8. The molecule has 8 N–H and O–H groups in total. The third-order valence-electron chi connectivity index (χ3n) is 24.4. The van der Waals surface area contributed by atoms with Crippen molar-refractivity contribution in [3.63, 3.8) is 0 Å². The first-order valence-electron chi connectivity index (χ1n) is 48.4. The SMILES string of the molecule is CCCC(c1ccc(C(=O)NCCC(=O)O)cc1)c1nc2cc(-c3ccccc3)ccc2o1.CCCC(c1ccc(C(=O)NCCC(=O)O)cc1)c1nc2cc(OCc3ccc(Cl)cc3Cl)ccc2n1C.CCCCOc1ccc2cc(C(CCCSCC)c3ccc(C(=O)NCCC(=O)O)cc3)ccc2c1.O=C(O)CCNC(=O)c1ccc(C(CCC(F)(F)F)c2cnc3cc(-c4ccc(F)c(F)c4)ccc3c2)cc1. The summed E-state index contributed by atoms with van der Waals surface area (Å²) in [6.07, 6.45) is 3.29. The first kappa shape index (κ1) is 110. The monoisotopic (exact) mass is 2040 g/mol. The van der Waals surface area contributed by atoms with Crippen LogP contribution in [0.3, 0.4) is 0 Å². The van der Waals surface area contributed by atoms with Crippen molar-refractivity contribution in [3.05, 3.63) is 362 Å². The Morgan fingerprint density at radius 3 is 1.45 bits per heavy atom. The zero-order valence-electron chi connectivity index (χ0n) is 81.4. The van der Waals surface area contributed by atoms with Gasteiger partial charge in [0.15, 0.2) is 17.2 Å². The lowest BCUT2D eigenvalue weighted by Crippen LogP contribution is -2.26. The number of rotatable bonds is 44. The van der Waals surface area contributed by atoms with Gasteiger partial charge in [-0.3, -0.25) is 43.3 Å². The molecule has 4 unspecified atom stereocenters. The maximum Gasteiger partial charge on any atom is 0.389 e. The number of pyridine rings is 1. The number of amides is 4. The summed E-state index contributed by atoms with van der Waals surface area (Å²) in [7, 11) is 2.01. The van der Waals surface area contributed by atoms with Gasteiger partial charge < -0.3 is 60.2 Å². The van der Waals surface area contributed by atoms with E-state index < -0.39 is 59.9 Å². The summed E-state index contributed by atoms with van der Waals surface area (Å²) < 4.78 is 86.5. The lowest BCUT2D eigenvalue weighted by molar-refractivity contribution is -0.137. The number of aryl methyl sites for hydroxylation is 1. The van der Waals surface area contributed by atoms with Crippen LogP contribution in [-0.2, 0) is 32.8 Å². The van der Waals surface area contributed by atoms with Crippen molar-refractivity contribution in [2.24, 2.45) is 7.05 Å². The Bertz CT molecular complexity index is 7000. The number of benzene rings is 12. The van der Waals surface area contributed by atoms with E-state index in [-0.39, 0.29) is 99.3 Å². The molecule has 23 nitrogen and oxygen atoms in total. The number of aliphatic carboxylic acids is 4. The van der Waals surface area contributed by atoms with Crippen molar-refractivity contribution < 1.29 is 94.6 Å². The predicted octanol–water partition coefficient (Wildman–Crippen LogP) is 26.0. The number of carboxylic acids is 4. The van der Waals surface area contributed by atoms with Gasteiger partial charge in [0.1, 0.15) is 29.4 Å². The summed E-state index contributed by atoms with van der Waals surface area (Å²) in [6, 6.07) is 79.3. The Hall–Kier alpha value is -14.8. The van der Waals surface area contributed by atoms with Crippen LogP contribution in [0, 0.1) is 11.6 Å². The number of carboxylic acid groups (broad SMARTS) is 4. The molecule has 3 aromatic heterocycles. The lowest BCUT2D eigenvalue weighted by atomic mass is 9.86. The molecule has 4 atom stereocenters. The van der Waals surface area contributed by atoms with Crippen LogP contribution in [0.15, 0.2) is 271 Å². The maximum atomic E-state index is 13.7. The molecule has 31 heteroatoms. The van der Waals surface area contributed by atoms with Gasteiger partial charge in [0.05, 0.1) is 54.8 Å². The Balaban J connectivity index is 0.000000173. The number of hydrogen-bond acceptors (Lipinski definition) is 15. The summed E-state index contributed by atoms with van der Waals surface area (Å²) in [5, 5.41) is 49.5. The quantitative estimate of drug-likeness (QED) is 0.0130. The van der Waals surface area contributed by atoms with E-state index in [1.165, 1.54) is 46.3 Å². The van der Waals surface area contributed by atoms with E-state index in [0.717, 1.165) is 143 Å². The zero-order chi connectivity index (χ0) is 104. The van der Waals surface area contributed by atoms with E-state index in [1.54, 1.807) is 72.8 Å². The topological polar surface area (TPSA) is 341 Å². The van der Waals surface area contributed by atoms with Crippen LogP contribution < -0.4 is 30.7 Å². The zero-order valence-corrected chi connectivity index (χ0v) is 83.7. The number of imidazole rings is 1. The highest BCUT2D eigenvalue weighted by Gasteiger charge is 2.31. The number of carbonyl (C=O) groups excluding carboxylic acids is 4. The average Bonchev–Trinajstić information content (AvgIpc) is 1.64. The number of oxazole rings is 1. The molecule has 3 heterocycles. The summed E-state index contributed by atoms with van der Waals surface area (Å²) in [4.78, 5) is 106. The number of thioether (sulfide) groups is 1. The summed E-state index contributed by atoms with van der Waals surface area (Å²) in [5.74, 6) is -2.10. The molecule has 15 rings (SSSR count). The first-order valence-corrected chi connectivity index (χ1v) is 50.3. The second kappa shape index (κ2) is 54.2. The molecule has 146 heavy (non-hydrogen) atoms. The second-order valence-corrected chi connectivity index (χ2v) is 37.2. The highest BCUT2D eigenvalue weighted by atomic mass is 35.5. The smallest absolute Gasteiger partial charge is 0.389 e. The molecule has 0 saturated heterocycles. The van der Waals surface area contributed by atoms with Crippen molar-refractivity contribution in [2.75, 3.05) is 44.3 Å². The van der Waals surface area contributed by atoms with Gasteiger partial charge in [-0.2, -0.15) is 24.9 Å². The minimum absolute atomic E-state index is 0.0216. The molecule has 0 aliphatic heterocycles. The predicted molar refractivity (Wildman–Crippen MR) is 561 cm³/mol. The molecule has 0 aliphatic rings. The summed E-state index contributed by atoms with van der Waals surface area (Å²) in [6.45, 7) is 9.91. The van der Waals surface area contributed by atoms with Crippen LogP contribution in [0.1, 0.15) is 233 Å². The highest BCUT2D eigenvalue weighted by molar-refractivity contribution is 7.99.